The molecule has 1 aromatic carbocycles. The van der Waals surface area contributed by atoms with Crippen LogP contribution in [0.3, 0.4) is 0 Å². The molecule has 0 bridgehead atoms. The maximum Gasteiger partial charge on any atom is 0.410 e. The number of rotatable bonds is 4. The van der Waals surface area contributed by atoms with Crippen molar-refractivity contribution in [2.75, 3.05) is 17.7 Å². The molecule has 3 aromatic rings. The molecule has 2 N–H and O–H groups in total. The second-order valence-corrected chi connectivity index (χ2v) is 7.00. The van der Waals surface area contributed by atoms with E-state index in [1.807, 2.05) is 0 Å². The first-order valence-electron chi connectivity index (χ1n) is 9.18. The van der Waals surface area contributed by atoms with Crippen LogP contribution in [0.1, 0.15) is 40.3 Å². The Morgan fingerprint density at radius 1 is 1.33 bits per heavy atom. The van der Waals surface area contributed by atoms with Crippen LogP contribution >= 0.6 is 0 Å². The first kappa shape index (κ1) is 19.9. The summed E-state index contributed by atoms with van der Waals surface area (Å²) in [5.41, 5.74) is 1.14. The van der Waals surface area contributed by atoms with Gasteiger partial charge in [0.2, 0.25) is 0 Å². The van der Waals surface area contributed by atoms with Gasteiger partial charge in [-0.25, -0.2) is 4.68 Å². The molecule has 0 saturated carbocycles. The number of furan rings is 1. The number of nitrogens with zero attached hydrogens (tertiary/aromatic N) is 2. The maximum absolute atomic E-state index is 13.7. The van der Waals surface area contributed by atoms with Gasteiger partial charge in [0.25, 0.3) is 5.91 Å². The number of halogens is 3. The van der Waals surface area contributed by atoms with Crippen LogP contribution in [0.15, 0.2) is 47.1 Å². The zero-order chi connectivity index (χ0) is 21.5. The molecule has 2 atom stereocenters. The van der Waals surface area contributed by atoms with Crippen molar-refractivity contribution in [3.63, 3.8) is 0 Å². The fraction of sp³-hybridized carbons (Fsp3) is 0.300. The maximum atomic E-state index is 13.7. The fourth-order valence-electron chi connectivity index (χ4n) is 3.45. The number of hydrogen-bond acceptors (Lipinski definition) is 5. The van der Waals surface area contributed by atoms with Crippen molar-refractivity contribution >= 4 is 17.4 Å². The largest absolute Gasteiger partial charge is 0.497 e. The Bertz CT molecular complexity index is 1060. The van der Waals surface area contributed by atoms with E-state index in [0.29, 0.717) is 17.2 Å². The van der Waals surface area contributed by atoms with Gasteiger partial charge in [0.15, 0.2) is 11.7 Å². The highest BCUT2D eigenvalue weighted by molar-refractivity contribution is 6.03. The molecule has 0 fully saturated rings. The molecule has 1 aliphatic rings. The smallest absolute Gasteiger partial charge is 0.410 e. The molecular weight excluding hydrogens is 401 g/mol. The lowest BCUT2D eigenvalue weighted by Crippen LogP contribution is -2.35. The summed E-state index contributed by atoms with van der Waals surface area (Å²) in [7, 11) is 1.53. The number of nitrogens with one attached hydrogen (secondary N) is 2. The Morgan fingerprint density at radius 2 is 2.13 bits per heavy atom. The predicted octanol–water partition coefficient (Wildman–Crippen LogP) is 4.71. The number of aromatic nitrogens is 2. The highest BCUT2D eigenvalue weighted by atomic mass is 19.4. The summed E-state index contributed by atoms with van der Waals surface area (Å²) in [6.07, 6.45) is -3.43. The van der Waals surface area contributed by atoms with Crippen LogP contribution in [0.4, 0.5) is 24.7 Å². The number of anilines is 2. The number of benzene rings is 1. The van der Waals surface area contributed by atoms with E-state index in [-0.39, 0.29) is 17.9 Å². The van der Waals surface area contributed by atoms with E-state index >= 15 is 0 Å². The van der Waals surface area contributed by atoms with E-state index in [4.69, 9.17) is 9.15 Å². The molecule has 2 aromatic heterocycles. The average molecular weight is 420 g/mol. The van der Waals surface area contributed by atoms with E-state index < -0.39 is 24.2 Å². The van der Waals surface area contributed by atoms with E-state index in [0.717, 1.165) is 10.2 Å². The molecule has 7 nitrogen and oxygen atoms in total. The minimum atomic E-state index is -4.53. The number of fused-ring (bicyclic) bond motifs is 1. The molecule has 158 valence electrons. The lowest BCUT2D eigenvalue weighted by Gasteiger charge is -2.32. The first-order valence-corrected chi connectivity index (χ1v) is 9.18. The Labute approximate surface area is 169 Å². The van der Waals surface area contributed by atoms with E-state index in [1.165, 1.54) is 19.4 Å². The van der Waals surface area contributed by atoms with E-state index in [9.17, 15) is 18.0 Å². The van der Waals surface area contributed by atoms with Gasteiger partial charge in [-0.15, -0.1) is 0 Å². The van der Waals surface area contributed by atoms with E-state index in [1.54, 1.807) is 37.3 Å². The highest BCUT2D eigenvalue weighted by Crippen LogP contribution is 2.43. The molecule has 3 heterocycles. The van der Waals surface area contributed by atoms with Crippen LogP contribution in [0.2, 0.25) is 0 Å². The van der Waals surface area contributed by atoms with Crippen LogP contribution in [0, 0.1) is 6.92 Å². The van der Waals surface area contributed by atoms with Gasteiger partial charge < -0.3 is 19.8 Å². The second kappa shape index (κ2) is 7.43. The van der Waals surface area contributed by atoms with Crippen LogP contribution in [-0.2, 0) is 0 Å². The third kappa shape index (κ3) is 3.72. The average Bonchev–Trinajstić information content (AvgIpc) is 3.37. The number of aryl methyl sites for hydroxylation is 1. The number of hydrogen-bond donors (Lipinski definition) is 2. The summed E-state index contributed by atoms with van der Waals surface area (Å²) in [5.74, 6) is 0.504. The summed E-state index contributed by atoms with van der Waals surface area (Å²) < 4.78 is 52.3. The van der Waals surface area contributed by atoms with Crippen LogP contribution < -0.4 is 15.4 Å². The first-order chi connectivity index (χ1) is 14.3. The van der Waals surface area contributed by atoms with Gasteiger partial charge in [0, 0.05) is 18.2 Å². The lowest BCUT2D eigenvalue weighted by molar-refractivity contribution is -0.174. The van der Waals surface area contributed by atoms with Crippen LogP contribution in [0.25, 0.3) is 0 Å². The number of methoxy groups -OCH3 is 1. The molecule has 0 saturated heterocycles. The topological polar surface area (TPSA) is 81.3 Å². The summed E-state index contributed by atoms with van der Waals surface area (Å²) >= 11 is 0. The number of carbonyl (C=O) groups is 1. The van der Waals surface area contributed by atoms with Gasteiger partial charge in [-0.2, -0.15) is 18.3 Å². The number of ether oxygens (including phenoxy) is 1. The Hall–Kier alpha value is -3.43. The fourth-order valence-corrected chi connectivity index (χ4v) is 3.45. The molecule has 0 aliphatic carbocycles. The minimum absolute atomic E-state index is 0.0987. The van der Waals surface area contributed by atoms with Gasteiger partial charge in [-0.05, 0) is 42.8 Å². The quantitative estimate of drug-likeness (QED) is 0.639. The molecule has 0 spiro atoms. The molecule has 0 radical (unpaired) electrons. The Balaban J connectivity index is 1.62. The summed E-state index contributed by atoms with van der Waals surface area (Å²) in [6.45, 7) is 1.78. The van der Waals surface area contributed by atoms with Crippen molar-refractivity contribution in [3.8, 4) is 5.75 Å². The normalized spacial score (nSPS) is 18.4. The monoisotopic (exact) mass is 420 g/mol. The van der Waals surface area contributed by atoms with Gasteiger partial charge in [0.05, 0.1) is 19.4 Å². The molecular formula is C20H19F3N4O3. The molecule has 4 rings (SSSR count). The molecule has 1 amide bonds. The minimum Gasteiger partial charge on any atom is -0.497 e. The molecule has 30 heavy (non-hydrogen) atoms. The van der Waals surface area contributed by atoms with Gasteiger partial charge >= 0.3 is 6.18 Å². The number of alkyl halides is 3. The molecule has 10 heteroatoms. The third-order valence-electron chi connectivity index (χ3n) is 4.99. The Morgan fingerprint density at radius 3 is 2.77 bits per heavy atom. The standard InChI is InChI=1S/C20H19F3N4O3/c1-11-8-12(29-2)5-6-13(11)25-19(28)15-10-18-24-14(16-4-3-7-30-16)9-17(20(21,22)23)27(18)26-15/h3-8,10,14,17,24H,9H2,1-2H3,(H,25,28)/t14-,17-/m1/s1. The summed E-state index contributed by atoms with van der Waals surface area (Å²) in [6, 6.07) is 7.04. The van der Waals surface area contributed by atoms with Crippen molar-refractivity contribution in [2.45, 2.75) is 31.6 Å². The van der Waals surface area contributed by atoms with Crippen LogP contribution in [-0.4, -0.2) is 29.0 Å². The molecule has 1 aliphatic heterocycles. The van der Waals surface area contributed by atoms with Crippen molar-refractivity contribution in [1.29, 1.82) is 0 Å². The zero-order valence-electron chi connectivity index (χ0n) is 16.2. The number of amides is 1. The Kier molecular flexibility index (Phi) is 4.92. The predicted molar refractivity (Wildman–Crippen MR) is 103 cm³/mol. The van der Waals surface area contributed by atoms with Gasteiger partial charge in [-0.3, -0.25) is 4.79 Å². The van der Waals surface area contributed by atoms with Gasteiger partial charge in [0.1, 0.15) is 17.3 Å². The van der Waals surface area contributed by atoms with Crippen molar-refractivity contribution in [3.05, 3.63) is 59.7 Å². The SMILES string of the molecule is COc1ccc(NC(=O)c2cc3n(n2)[C@@H](C(F)(F)F)C[C@H](c2ccco2)N3)c(C)c1. The second-order valence-electron chi connectivity index (χ2n) is 7.00. The van der Waals surface area contributed by atoms with Crippen molar-refractivity contribution in [1.82, 2.24) is 9.78 Å². The third-order valence-corrected chi connectivity index (χ3v) is 4.99. The van der Waals surface area contributed by atoms with Gasteiger partial charge in [-0.1, -0.05) is 0 Å². The van der Waals surface area contributed by atoms with Crippen molar-refractivity contribution in [2.24, 2.45) is 0 Å². The lowest BCUT2D eigenvalue weighted by atomic mass is 10.0. The van der Waals surface area contributed by atoms with E-state index in [2.05, 4.69) is 15.7 Å². The van der Waals surface area contributed by atoms with Crippen molar-refractivity contribution < 1.29 is 27.1 Å². The molecule has 0 unspecified atom stereocenters. The summed E-state index contributed by atoms with van der Waals surface area (Å²) in [4.78, 5) is 12.7. The highest BCUT2D eigenvalue weighted by Gasteiger charge is 2.47. The zero-order valence-corrected chi connectivity index (χ0v) is 16.2. The number of carbonyl (C=O) groups excluding carboxylic acids is 1. The van der Waals surface area contributed by atoms with Crippen LogP contribution in [0.5, 0.6) is 5.75 Å². The summed E-state index contributed by atoms with van der Waals surface area (Å²) in [5, 5.41) is 9.60.